The van der Waals surface area contributed by atoms with Gasteiger partial charge in [-0.25, -0.2) is 0 Å². The maximum absolute atomic E-state index is 2.76. The molecule has 0 radical (unpaired) electrons. The summed E-state index contributed by atoms with van der Waals surface area (Å²) in [5.74, 6) is 0. The van der Waals surface area contributed by atoms with Gasteiger partial charge in [-0.05, 0) is 0 Å². The summed E-state index contributed by atoms with van der Waals surface area (Å²) >= 11 is -1.94. The Labute approximate surface area is 153 Å². The van der Waals surface area contributed by atoms with Crippen LogP contribution in [0.15, 0.2) is 53.1 Å². The molecule has 130 valence electrons. The Bertz CT molecular complexity index is 676. The van der Waals surface area contributed by atoms with E-state index in [1.807, 2.05) is 5.57 Å². The minimum atomic E-state index is -1.94. The normalized spacial score (nSPS) is 24.8. The van der Waals surface area contributed by atoms with E-state index in [0.29, 0.717) is 3.72 Å². The quantitative estimate of drug-likeness (QED) is 0.503. The van der Waals surface area contributed by atoms with Crippen molar-refractivity contribution >= 4 is 13.3 Å². The van der Waals surface area contributed by atoms with E-state index in [1.54, 1.807) is 16.3 Å². The molecule has 0 amide bonds. The molecule has 0 spiro atoms. The van der Waals surface area contributed by atoms with Crippen LogP contribution in [0.2, 0.25) is 38.5 Å². The van der Waals surface area contributed by atoms with Crippen molar-refractivity contribution in [2.45, 2.75) is 71.2 Å². The van der Waals surface area contributed by atoms with Crippen LogP contribution in [0.5, 0.6) is 0 Å². The number of hydrogen-bond donors (Lipinski definition) is 0. The molecule has 0 aliphatic heterocycles. The van der Waals surface area contributed by atoms with Gasteiger partial charge in [-0.2, -0.15) is 0 Å². The van der Waals surface area contributed by atoms with E-state index >= 15 is 0 Å². The Kier molecular flexibility index (Phi) is 4.92. The van der Waals surface area contributed by atoms with Crippen LogP contribution in [0.3, 0.4) is 0 Å². The Morgan fingerprint density at radius 3 is 2.25 bits per heavy atom. The number of rotatable bonds is 4. The zero-order chi connectivity index (χ0) is 17.6. The van der Waals surface area contributed by atoms with E-state index in [0.717, 1.165) is 0 Å². The van der Waals surface area contributed by atoms with Crippen molar-refractivity contribution in [1.29, 1.82) is 0 Å². The topological polar surface area (TPSA) is 0 Å². The first kappa shape index (κ1) is 18.4. The van der Waals surface area contributed by atoms with Crippen LogP contribution in [0.25, 0.3) is 0 Å². The standard InChI is InChI=1S/C19H25Si.3CH3.Ti/c1-15-13-16(19-12-8-7-11-18(15)19)14-20(2,3)17-9-5-4-6-10-17;;;;/h4-6,9-10,13H,7-8,11-12,14H2,1-3H3;3*1H3;. The van der Waals surface area contributed by atoms with Gasteiger partial charge in [-0.3, -0.25) is 0 Å². The van der Waals surface area contributed by atoms with Crippen molar-refractivity contribution < 1.29 is 16.6 Å². The molecule has 0 nitrogen and oxygen atoms in total. The summed E-state index contributed by atoms with van der Waals surface area (Å²) < 4.78 is 0.450. The summed E-state index contributed by atoms with van der Waals surface area (Å²) in [4.78, 5) is 0. The molecule has 0 bridgehead atoms. The molecule has 1 atom stereocenters. The molecule has 3 rings (SSSR count). The molecule has 1 aromatic carbocycles. The van der Waals surface area contributed by atoms with E-state index in [1.165, 1.54) is 31.7 Å². The fraction of sp³-hybridized carbons (Fsp3) is 0.545. The first-order chi connectivity index (χ1) is 11.2. The van der Waals surface area contributed by atoms with Crippen molar-refractivity contribution in [2.75, 3.05) is 0 Å². The van der Waals surface area contributed by atoms with Crippen LogP contribution in [0.1, 0.15) is 32.6 Å². The van der Waals surface area contributed by atoms with Crippen LogP contribution in [-0.4, -0.2) is 8.07 Å². The summed E-state index contributed by atoms with van der Waals surface area (Å²) in [6, 6.07) is 12.8. The third-order valence-corrected chi connectivity index (χ3v) is 15.6. The summed E-state index contributed by atoms with van der Waals surface area (Å²) in [5.41, 5.74) is 5.28. The molecule has 2 aliphatic carbocycles. The van der Waals surface area contributed by atoms with Gasteiger partial charge in [0, 0.05) is 0 Å². The van der Waals surface area contributed by atoms with E-state index in [9.17, 15) is 0 Å². The Morgan fingerprint density at radius 1 is 1.00 bits per heavy atom. The molecule has 1 unspecified atom stereocenters. The molecule has 24 heavy (non-hydrogen) atoms. The molecule has 2 heteroatoms. The van der Waals surface area contributed by atoms with Crippen LogP contribution in [0, 0.1) is 0 Å². The minimum absolute atomic E-state index is 0.450. The number of benzene rings is 1. The molecule has 2 aliphatic rings. The van der Waals surface area contributed by atoms with Crippen LogP contribution < -0.4 is 5.19 Å². The van der Waals surface area contributed by atoms with Gasteiger partial charge < -0.3 is 0 Å². The molecular weight excluding hydrogens is 340 g/mol. The molecule has 0 heterocycles. The van der Waals surface area contributed by atoms with Crippen LogP contribution in [-0.2, 0) is 16.6 Å². The van der Waals surface area contributed by atoms with Gasteiger partial charge in [0.25, 0.3) is 0 Å². The summed E-state index contributed by atoms with van der Waals surface area (Å²) in [6.07, 6.45) is 8.28. The van der Waals surface area contributed by atoms with E-state index < -0.39 is 24.7 Å². The second kappa shape index (κ2) is 6.41. The predicted molar refractivity (Wildman–Crippen MR) is 108 cm³/mol. The zero-order valence-electron chi connectivity index (χ0n) is 16.5. The van der Waals surface area contributed by atoms with Crippen molar-refractivity contribution in [1.82, 2.24) is 0 Å². The van der Waals surface area contributed by atoms with Crippen LogP contribution in [0.4, 0.5) is 0 Å². The summed E-state index contributed by atoms with van der Waals surface area (Å²) in [7, 11) is -1.46. The first-order valence-corrected chi connectivity index (χ1v) is 18.3. The van der Waals surface area contributed by atoms with Gasteiger partial charge in [-0.1, -0.05) is 0 Å². The van der Waals surface area contributed by atoms with Gasteiger partial charge in [0.15, 0.2) is 0 Å². The fourth-order valence-corrected chi connectivity index (χ4v) is 16.1. The van der Waals surface area contributed by atoms with Gasteiger partial charge in [0.2, 0.25) is 0 Å². The third-order valence-electron chi connectivity index (χ3n) is 6.56. The summed E-state index contributed by atoms with van der Waals surface area (Å²) in [5, 5.41) is 9.60. The average molecular weight is 374 g/mol. The van der Waals surface area contributed by atoms with Crippen LogP contribution >= 0.6 is 0 Å². The van der Waals surface area contributed by atoms with Gasteiger partial charge in [0.1, 0.15) is 0 Å². The number of hydrogen-bond acceptors (Lipinski definition) is 0. The molecule has 0 N–H and O–H groups in total. The Hall–Kier alpha value is -0.369. The van der Waals surface area contributed by atoms with E-state index in [2.05, 4.69) is 72.1 Å². The molecule has 0 fully saturated rings. The second-order valence-corrected chi connectivity index (χ2v) is 22.8. The fourth-order valence-electron chi connectivity index (χ4n) is 5.16. The van der Waals surface area contributed by atoms with Gasteiger partial charge in [0.05, 0.1) is 0 Å². The second-order valence-electron chi connectivity index (χ2n) is 9.64. The Morgan fingerprint density at radius 2 is 1.62 bits per heavy atom. The molecule has 0 saturated carbocycles. The Balaban J connectivity index is 2.08. The van der Waals surface area contributed by atoms with Crippen molar-refractivity contribution in [3.05, 3.63) is 53.1 Å². The van der Waals surface area contributed by atoms with Crippen molar-refractivity contribution in [3.8, 4) is 0 Å². The van der Waals surface area contributed by atoms with E-state index in [-0.39, 0.29) is 0 Å². The molecule has 1 aromatic rings. The number of allylic oxidation sites excluding steroid dienone is 4. The molecule has 0 saturated heterocycles. The van der Waals surface area contributed by atoms with E-state index in [4.69, 9.17) is 0 Å². The SMILES string of the molecule is CC1=C[C](C[Si](C)(C)c2ccccc2)([Ti]([CH3])([CH3])[CH3])C2=C1CCCC2. The molecule has 0 aromatic heterocycles. The summed E-state index contributed by atoms with van der Waals surface area (Å²) in [6.45, 7) is 7.60. The van der Waals surface area contributed by atoms with Crippen molar-refractivity contribution in [3.63, 3.8) is 0 Å². The van der Waals surface area contributed by atoms with Crippen molar-refractivity contribution in [2.24, 2.45) is 0 Å². The van der Waals surface area contributed by atoms with Gasteiger partial charge in [-0.15, -0.1) is 0 Å². The zero-order valence-corrected chi connectivity index (χ0v) is 19.1. The average Bonchev–Trinajstić information content (AvgIpc) is 2.81. The maximum atomic E-state index is 2.76. The third kappa shape index (κ3) is 3.08. The monoisotopic (exact) mass is 374 g/mol. The predicted octanol–water partition coefficient (Wildman–Crippen LogP) is 6.89. The van der Waals surface area contributed by atoms with Gasteiger partial charge >= 0.3 is 154 Å². The molecular formula is C22H34SiTi. The first-order valence-electron chi connectivity index (χ1n) is 9.65.